The Morgan fingerprint density at radius 2 is 1.76 bits per heavy atom. The van der Waals surface area contributed by atoms with Gasteiger partial charge in [-0.05, 0) is 61.8 Å². The Morgan fingerprint density at radius 1 is 1.06 bits per heavy atom. The van der Waals surface area contributed by atoms with Crippen molar-refractivity contribution < 1.29 is 14.1 Å². The molecule has 3 aromatic carbocycles. The average molecular weight is 480 g/mol. The first kappa shape index (κ1) is 22.5. The van der Waals surface area contributed by atoms with Crippen LogP contribution in [0.3, 0.4) is 0 Å². The fourth-order valence-electron chi connectivity index (χ4n) is 5.23. The maximum atomic E-state index is 14.3. The van der Waals surface area contributed by atoms with Crippen molar-refractivity contribution in [2.24, 2.45) is 0 Å². The number of anilines is 1. The van der Waals surface area contributed by atoms with Crippen LogP contribution in [0.4, 0.5) is 15.8 Å². The molecule has 2 aliphatic rings. The zero-order valence-corrected chi connectivity index (χ0v) is 19.2. The molecule has 0 saturated carbocycles. The van der Waals surface area contributed by atoms with Gasteiger partial charge in [0.15, 0.2) is 0 Å². The summed E-state index contributed by atoms with van der Waals surface area (Å²) in [4.78, 5) is 28.4. The molecule has 0 bridgehead atoms. The molecule has 1 saturated heterocycles. The minimum Gasteiger partial charge on any atom is -0.307 e. The fourth-order valence-corrected chi connectivity index (χ4v) is 5.45. The van der Waals surface area contributed by atoms with E-state index in [1.165, 1.54) is 12.1 Å². The number of amides is 1. The van der Waals surface area contributed by atoms with Crippen LogP contribution in [0.15, 0.2) is 66.7 Å². The molecular formula is C26H23ClFN3O3. The van der Waals surface area contributed by atoms with Gasteiger partial charge in [0.25, 0.3) is 11.6 Å². The third-order valence-electron chi connectivity index (χ3n) is 7.03. The molecular weight excluding hydrogens is 457 g/mol. The van der Waals surface area contributed by atoms with Crippen molar-refractivity contribution in [1.29, 1.82) is 0 Å². The van der Waals surface area contributed by atoms with E-state index in [0.717, 1.165) is 24.1 Å². The maximum Gasteiger partial charge on any atom is 0.273 e. The van der Waals surface area contributed by atoms with Crippen molar-refractivity contribution in [2.45, 2.75) is 24.8 Å². The van der Waals surface area contributed by atoms with Crippen LogP contribution in [0.1, 0.15) is 34.3 Å². The van der Waals surface area contributed by atoms with E-state index in [1.54, 1.807) is 53.4 Å². The molecule has 0 aliphatic carbocycles. The van der Waals surface area contributed by atoms with Crippen LogP contribution >= 0.6 is 11.6 Å². The molecule has 2 heterocycles. The first-order valence-corrected chi connectivity index (χ1v) is 11.6. The highest BCUT2D eigenvalue weighted by Crippen LogP contribution is 2.48. The molecule has 0 radical (unpaired) electrons. The van der Waals surface area contributed by atoms with E-state index in [1.807, 2.05) is 6.07 Å². The summed E-state index contributed by atoms with van der Waals surface area (Å²) in [5.41, 5.74) is 2.42. The summed E-state index contributed by atoms with van der Waals surface area (Å²) in [7, 11) is 0. The number of carbonyl (C=O) groups is 1. The molecule has 2 aliphatic heterocycles. The van der Waals surface area contributed by atoms with Gasteiger partial charge in [-0.2, -0.15) is 0 Å². The summed E-state index contributed by atoms with van der Waals surface area (Å²) in [6.07, 6.45) is 1.44. The van der Waals surface area contributed by atoms with Crippen LogP contribution in [-0.4, -0.2) is 35.4 Å². The van der Waals surface area contributed by atoms with Crippen LogP contribution < -0.4 is 4.90 Å². The van der Waals surface area contributed by atoms with E-state index in [-0.39, 0.29) is 27.8 Å². The summed E-state index contributed by atoms with van der Waals surface area (Å²) >= 11 is 6.30. The Bertz CT molecular complexity index is 1270. The highest BCUT2D eigenvalue weighted by Gasteiger charge is 2.47. The summed E-state index contributed by atoms with van der Waals surface area (Å²) in [5, 5.41) is 11.8. The fraction of sp³-hybridized carbons (Fsp3) is 0.269. The van der Waals surface area contributed by atoms with Gasteiger partial charge < -0.3 is 4.90 Å². The minimum atomic E-state index is -0.368. The van der Waals surface area contributed by atoms with Crippen molar-refractivity contribution in [3.05, 3.63) is 104 Å². The molecule has 3 aromatic rings. The van der Waals surface area contributed by atoms with Crippen LogP contribution in [0.25, 0.3) is 0 Å². The summed E-state index contributed by atoms with van der Waals surface area (Å²) in [6.45, 7) is 2.31. The maximum absolute atomic E-state index is 14.3. The number of para-hydroxylation sites is 1. The molecule has 34 heavy (non-hydrogen) atoms. The van der Waals surface area contributed by atoms with Crippen molar-refractivity contribution in [2.75, 3.05) is 24.5 Å². The van der Waals surface area contributed by atoms with Crippen LogP contribution in [0.2, 0.25) is 5.02 Å². The Hall–Kier alpha value is -3.29. The third-order valence-corrected chi connectivity index (χ3v) is 7.36. The second-order valence-electron chi connectivity index (χ2n) is 8.97. The topological polar surface area (TPSA) is 66.7 Å². The van der Waals surface area contributed by atoms with Gasteiger partial charge in [-0.1, -0.05) is 41.9 Å². The van der Waals surface area contributed by atoms with Gasteiger partial charge in [-0.15, -0.1) is 0 Å². The normalized spacial score (nSPS) is 17.1. The number of halogens is 2. The molecule has 0 aromatic heterocycles. The molecule has 0 atom stereocenters. The van der Waals surface area contributed by atoms with E-state index in [9.17, 15) is 19.3 Å². The molecule has 0 unspecified atom stereocenters. The smallest absolute Gasteiger partial charge is 0.273 e. The number of piperidine rings is 1. The zero-order valence-electron chi connectivity index (χ0n) is 18.4. The zero-order chi connectivity index (χ0) is 23.9. The molecule has 8 heteroatoms. The second kappa shape index (κ2) is 8.81. The van der Waals surface area contributed by atoms with Gasteiger partial charge >= 0.3 is 0 Å². The van der Waals surface area contributed by atoms with Crippen LogP contribution in [0.5, 0.6) is 0 Å². The van der Waals surface area contributed by atoms with E-state index >= 15 is 0 Å². The number of hydrogen-bond acceptors (Lipinski definition) is 4. The Labute approximate surface area is 201 Å². The highest BCUT2D eigenvalue weighted by molar-refractivity contribution is 6.34. The molecule has 5 rings (SSSR count). The summed E-state index contributed by atoms with van der Waals surface area (Å²) in [5.74, 6) is -0.523. The van der Waals surface area contributed by atoms with Crippen molar-refractivity contribution in [1.82, 2.24) is 4.90 Å². The van der Waals surface area contributed by atoms with Gasteiger partial charge in [0, 0.05) is 35.8 Å². The van der Waals surface area contributed by atoms with Crippen molar-refractivity contribution in [3.8, 4) is 0 Å². The quantitative estimate of drug-likeness (QED) is 0.362. The van der Waals surface area contributed by atoms with Crippen molar-refractivity contribution in [3.63, 3.8) is 0 Å². The Kier molecular flexibility index (Phi) is 5.83. The van der Waals surface area contributed by atoms with Crippen molar-refractivity contribution >= 4 is 28.9 Å². The molecule has 1 spiro atoms. The number of nitro groups is 1. The predicted octanol–water partition coefficient (Wildman–Crippen LogP) is 5.58. The summed E-state index contributed by atoms with van der Waals surface area (Å²) in [6, 6.07) is 18.3. The molecule has 1 fully saturated rings. The molecule has 6 nitrogen and oxygen atoms in total. The Balaban J connectivity index is 1.40. The minimum absolute atomic E-state index is 0.118. The second-order valence-corrected chi connectivity index (χ2v) is 9.38. The van der Waals surface area contributed by atoms with E-state index in [0.29, 0.717) is 42.3 Å². The van der Waals surface area contributed by atoms with Gasteiger partial charge in [0.05, 0.1) is 15.5 Å². The van der Waals surface area contributed by atoms with E-state index < -0.39 is 0 Å². The number of likely N-dealkylation sites (tertiary alicyclic amines) is 1. The average Bonchev–Trinajstić information content (AvgIpc) is 3.14. The number of rotatable bonds is 4. The van der Waals surface area contributed by atoms with Gasteiger partial charge in [-0.3, -0.25) is 19.8 Å². The van der Waals surface area contributed by atoms with Gasteiger partial charge in [-0.25, -0.2) is 4.39 Å². The standard InChI is InChI=1S/C26H23ClFN3O3/c27-22-7-3-2-6-20(22)25(32)30-17-26(21-15-19(28)9-10-24(21)30)11-13-29(14-12-26)16-18-5-1-4-8-23(18)31(33)34/h1-10,15H,11-14,16-17H2. The molecule has 1 amide bonds. The lowest BCUT2D eigenvalue weighted by Gasteiger charge is -2.39. The van der Waals surface area contributed by atoms with Gasteiger partial charge in [0.2, 0.25) is 0 Å². The Morgan fingerprint density at radius 3 is 2.50 bits per heavy atom. The number of hydrogen-bond donors (Lipinski definition) is 0. The van der Waals surface area contributed by atoms with Gasteiger partial charge in [0.1, 0.15) is 5.82 Å². The molecule has 0 N–H and O–H groups in total. The van der Waals surface area contributed by atoms with Crippen LogP contribution in [-0.2, 0) is 12.0 Å². The highest BCUT2D eigenvalue weighted by atomic mass is 35.5. The number of fused-ring (bicyclic) bond motifs is 2. The number of nitrogens with zero attached hydrogens (tertiary/aromatic N) is 3. The number of carbonyl (C=O) groups excluding carboxylic acids is 1. The largest absolute Gasteiger partial charge is 0.307 e. The lowest BCUT2D eigenvalue weighted by Crippen LogP contribution is -2.45. The number of benzene rings is 3. The van der Waals surface area contributed by atoms with E-state index in [4.69, 9.17) is 11.6 Å². The lowest BCUT2D eigenvalue weighted by molar-refractivity contribution is -0.385. The first-order valence-electron chi connectivity index (χ1n) is 11.2. The van der Waals surface area contributed by atoms with Crippen LogP contribution in [0, 0.1) is 15.9 Å². The lowest BCUT2D eigenvalue weighted by atomic mass is 9.74. The number of nitro benzene ring substituents is 1. The SMILES string of the molecule is O=C(c1ccccc1Cl)N1CC2(CCN(Cc3ccccc3[N+](=O)[O-])CC2)c2cc(F)ccc21. The first-order chi connectivity index (χ1) is 16.4. The van der Waals surface area contributed by atoms with E-state index in [2.05, 4.69) is 4.90 Å². The molecule has 174 valence electrons. The predicted molar refractivity (Wildman–Crippen MR) is 129 cm³/mol. The monoisotopic (exact) mass is 479 g/mol. The third kappa shape index (κ3) is 3.95. The summed E-state index contributed by atoms with van der Waals surface area (Å²) < 4.78 is 14.3.